The van der Waals surface area contributed by atoms with Gasteiger partial charge in [-0.15, -0.1) is 0 Å². The highest BCUT2D eigenvalue weighted by atomic mass is 16.5. The Morgan fingerprint density at radius 3 is 2.33 bits per heavy atom. The van der Waals surface area contributed by atoms with E-state index < -0.39 is 0 Å². The second-order valence-electron chi connectivity index (χ2n) is 5.17. The maximum absolute atomic E-state index is 11.5. The molecule has 0 radical (unpaired) electrons. The molecule has 1 fully saturated rings. The predicted molar refractivity (Wildman–Crippen MR) is 60.4 cm³/mol. The van der Waals surface area contributed by atoms with Crippen molar-refractivity contribution in [3.05, 3.63) is 0 Å². The van der Waals surface area contributed by atoms with Crippen LogP contribution in [-0.2, 0) is 9.53 Å². The van der Waals surface area contributed by atoms with Gasteiger partial charge in [-0.1, -0.05) is 13.8 Å². The number of ether oxygens (including phenoxy) is 1. The number of amides is 1. The fourth-order valence-electron chi connectivity index (χ4n) is 1.69. The number of nitrogens with zero attached hydrogens (tertiary/aromatic N) is 1. The van der Waals surface area contributed by atoms with Crippen molar-refractivity contribution in [1.82, 2.24) is 4.90 Å². The lowest BCUT2D eigenvalue weighted by molar-refractivity contribution is -0.163. The van der Waals surface area contributed by atoms with Gasteiger partial charge in [0.1, 0.15) is 6.23 Å². The summed E-state index contributed by atoms with van der Waals surface area (Å²) < 4.78 is 5.96. The molecular weight excluding hydrogens is 190 g/mol. The summed E-state index contributed by atoms with van der Waals surface area (Å²) in [5.74, 6) is 0.666. The number of hydrogen-bond donors (Lipinski definition) is 0. The molecule has 0 bridgehead atoms. The molecule has 1 heterocycles. The molecule has 1 rings (SSSR count). The molecule has 1 saturated heterocycles. The van der Waals surface area contributed by atoms with Gasteiger partial charge in [-0.3, -0.25) is 4.79 Å². The Labute approximate surface area is 92.8 Å². The molecule has 3 nitrogen and oxygen atoms in total. The molecule has 3 heteroatoms. The number of likely N-dealkylation sites (tertiary alicyclic amines) is 1. The van der Waals surface area contributed by atoms with Crippen LogP contribution in [0.1, 0.15) is 47.5 Å². The summed E-state index contributed by atoms with van der Waals surface area (Å²) in [6.07, 6.45) is 1.54. The van der Waals surface area contributed by atoms with Crippen LogP contribution in [-0.4, -0.2) is 29.2 Å². The fourth-order valence-corrected chi connectivity index (χ4v) is 1.69. The van der Waals surface area contributed by atoms with Gasteiger partial charge in [-0.05, 0) is 33.1 Å². The van der Waals surface area contributed by atoms with E-state index in [1.54, 1.807) is 0 Å². The molecule has 1 aliphatic rings. The highest BCUT2D eigenvalue weighted by Crippen LogP contribution is 2.25. The van der Waals surface area contributed by atoms with E-state index >= 15 is 0 Å². The minimum absolute atomic E-state index is 0.0996. The van der Waals surface area contributed by atoms with Gasteiger partial charge in [-0.25, -0.2) is 0 Å². The van der Waals surface area contributed by atoms with Gasteiger partial charge < -0.3 is 9.64 Å². The van der Waals surface area contributed by atoms with Crippen molar-refractivity contribution >= 4 is 5.91 Å². The molecule has 88 valence electrons. The predicted octanol–water partition coefficient (Wildman–Crippen LogP) is 2.41. The highest BCUT2D eigenvalue weighted by Gasteiger charge is 2.31. The van der Waals surface area contributed by atoms with E-state index in [9.17, 15) is 4.79 Å². The lowest BCUT2D eigenvalue weighted by Crippen LogP contribution is -2.43. The molecule has 1 atom stereocenters. The number of rotatable bonds is 4. The van der Waals surface area contributed by atoms with E-state index in [4.69, 9.17) is 4.74 Å². The van der Waals surface area contributed by atoms with Crippen LogP contribution in [0.15, 0.2) is 0 Å². The van der Waals surface area contributed by atoms with Crippen molar-refractivity contribution in [2.24, 2.45) is 5.92 Å². The van der Waals surface area contributed by atoms with Gasteiger partial charge in [0.25, 0.3) is 0 Å². The Morgan fingerprint density at radius 2 is 1.93 bits per heavy atom. The van der Waals surface area contributed by atoms with Gasteiger partial charge in [0.2, 0.25) is 5.91 Å². The Balaban J connectivity index is 2.54. The minimum Gasteiger partial charge on any atom is -0.352 e. The van der Waals surface area contributed by atoms with Crippen LogP contribution in [0.3, 0.4) is 0 Å². The molecule has 15 heavy (non-hydrogen) atoms. The topological polar surface area (TPSA) is 29.5 Å². The summed E-state index contributed by atoms with van der Waals surface area (Å²) >= 11 is 0. The summed E-state index contributed by atoms with van der Waals surface area (Å²) in [6, 6.07) is 0. The molecule has 0 N–H and O–H groups in total. The third-order valence-electron chi connectivity index (χ3n) is 3.41. The van der Waals surface area contributed by atoms with Crippen molar-refractivity contribution < 1.29 is 9.53 Å². The Kier molecular flexibility index (Phi) is 3.77. The van der Waals surface area contributed by atoms with Crippen molar-refractivity contribution in [1.29, 1.82) is 0 Å². The average Bonchev–Trinajstić information content (AvgIpc) is 2.50. The van der Waals surface area contributed by atoms with E-state index in [2.05, 4.69) is 27.7 Å². The number of hydrogen-bond acceptors (Lipinski definition) is 2. The van der Waals surface area contributed by atoms with Crippen LogP contribution in [0.5, 0.6) is 0 Å². The van der Waals surface area contributed by atoms with E-state index in [1.807, 2.05) is 11.8 Å². The largest absolute Gasteiger partial charge is 0.352 e. The molecule has 0 aromatic rings. The van der Waals surface area contributed by atoms with Gasteiger partial charge in [0.15, 0.2) is 0 Å². The summed E-state index contributed by atoms with van der Waals surface area (Å²) in [5.41, 5.74) is -0.178. The molecule has 0 aromatic heterocycles. The molecule has 0 aromatic carbocycles. The summed E-state index contributed by atoms with van der Waals surface area (Å²) in [5, 5.41) is 0. The second kappa shape index (κ2) is 4.52. The van der Waals surface area contributed by atoms with Crippen molar-refractivity contribution in [2.45, 2.75) is 59.3 Å². The zero-order valence-corrected chi connectivity index (χ0v) is 10.5. The second-order valence-corrected chi connectivity index (χ2v) is 5.17. The van der Waals surface area contributed by atoms with Gasteiger partial charge in [-0.2, -0.15) is 0 Å². The first kappa shape index (κ1) is 12.5. The first-order valence-electron chi connectivity index (χ1n) is 5.82. The Morgan fingerprint density at radius 1 is 1.33 bits per heavy atom. The highest BCUT2D eigenvalue weighted by molar-refractivity contribution is 5.78. The van der Waals surface area contributed by atoms with Gasteiger partial charge in [0.05, 0.1) is 5.60 Å². The zero-order valence-electron chi connectivity index (χ0n) is 10.5. The normalized spacial score (nSPS) is 20.1. The van der Waals surface area contributed by atoms with Crippen LogP contribution in [0.4, 0.5) is 0 Å². The minimum atomic E-state index is -0.178. The van der Waals surface area contributed by atoms with E-state index in [-0.39, 0.29) is 17.7 Å². The van der Waals surface area contributed by atoms with Crippen LogP contribution < -0.4 is 0 Å². The molecular formula is C12H23NO2. The molecule has 0 aliphatic carbocycles. The van der Waals surface area contributed by atoms with Crippen LogP contribution in [0.25, 0.3) is 0 Å². The Bertz CT molecular complexity index is 236. The molecule has 1 unspecified atom stereocenters. The fraction of sp³-hybridized carbons (Fsp3) is 0.917. The van der Waals surface area contributed by atoms with Crippen molar-refractivity contribution in [3.63, 3.8) is 0 Å². The Hall–Kier alpha value is -0.570. The van der Waals surface area contributed by atoms with Crippen LogP contribution in [0, 0.1) is 5.92 Å². The smallest absolute Gasteiger partial charge is 0.224 e. The number of carbonyl (C=O) groups excluding carboxylic acids is 1. The molecule has 1 aliphatic heterocycles. The molecule has 0 saturated carbocycles. The lowest BCUT2D eigenvalue weighted by Gasteiger charge is -2.36. The molecule has 1 amide bonds. The first-order chi connectivity index (χ1) is 6.84. The average molecular weight is 213 g/mol. The van der Waals surface area contributed by atoms with Gasteiger partial charge in [0, 0.05) is 13.0 Å². The van der Waals surface area contributed by atoms with E-state index in [0.29, 0.717) is 12.3 Å². The maximum Gasteiger partial charge on any atom is 0.224 e. The summed E-state index contributed by atoms with van der Waals surface area (Å²) in [6.45, 7) is 11.2. The zero-order chi connectivity index (χ0) is 11.6. The quantitative estimate of drug-likeness (QED) is 0.717. The summed E-state index contributed by atoms with van der Waals surface area (Å²) in [7, 11) is 0. The third-order valence-corrected chi connectivity index (χ3v) is 3.41. The third kappa shape index (κ3) is 2.94. The van der Waals surface area contributed by atoms with Crippen molar-refractivity contribution in [2.75, 3.05) is 6.54 Å². The molecule has 0 spiro atoms. The van der Waals surface area contributed by atoms with Crippen LogP contribution in [0.2, 0.25) is 0 Å². The maximum atomic E-state index is 11.5. The lowest BCUT2D eigenvalue weighted by atomic mass is 9.94. The van der Waals surface area contributed by atoms with Crippen molar-refractivity contribution in [3.8, 4) is 0 Å². The first-order valence-corrected chi connectivity index (χ1v) is 5.82. The number of carbonyl (C=O) groups is 1. The van der Waals surface area contributed by atoms with E-state index in [1.165, 1.54) is 0 Å². The standard InChI is InChI=1S/C12H23NO2/c1-9(2)12(4,5)15-10(3)13-8-6-7-11(13)14/h9-10H,6-8H2,1-5H3. The monoisotopic (exact) mass is 213 g/mol. The van der Waals surface area contributed by atoms with Gasteiger partial charge >= 0.3 is 0 Å². The summed E-state index contributed by atoms with van der Waals surface area (Å²) in [4.78, 5) is 13.4. The van der Waals surface area contributed by atoms with E-state index in [0.717, 1.165) is 13.0 Å². The van der Waals surface area contributed by atoms with Crippen LogP contribution >= 0.6 is 0 Å². The SMILES string of the molecule is CC(OC(C)(C)C(C)C)N1CCCC1=O.